The Hall–Kier alpha value is -1.68. The number of aryl methyl sites for hydroxylation is 2. The molecule has 0 bridgehead atoms. The molecule has 18 heavy (non-hydrogen) atoms. The molecule has 4 nitrogen and oxygen atoms in total. The van der Waals surface area contributed by atoms with Gasteiger partial charge in [0.1, 0.15) is 5.69 Å². The number of ether oxygens (including phenoxy) is 1. The van der Waals surface area contributed by atoms with Crippen molar-refractivity contribution in [3.05, 3.63) is 35.0 Å². The van der Waals surface area contributed by atoms with E-state index in [1.54, 1.807) is 18.1 Å². The Balaban J connectivity index is 1.98. The van der Waals surface area contributed by atoms with Crippen LogP contribution in [0.3, 0.4) is 0 Å². The van der Waals surface area contributed by atoms with Gasteiger partial charge in [0.15, 0.2) is 6.73 Å². The van der Waals surface area contributed by atoms with Crippen molar-refractivity contribution < 1.29 is 4.74 Å². The van der Waals surface area contributed by atoms with Gasteiger partial charge >= 0.3 is 0 Å². The molecular formula is C14H17N3O. The number of hydrogen-bond donors (Lipinski definition) is 0. The number of rotatable bonds is 3. The summed E-state index contributed by atoms with van der Waals surface area (Å²) >= 11 is 0. The zero-order chi connectivity index (χ0) is 12.5. The van der Waals surface area contributed by atoms with Crippen molar-refractivity contribution >= 4 is 0 Å². The molecule has 0 atom stereocenters. The molecule has 0 saturated heterocycles. The van der Waals surface area contributed by atoms with Crippen LogP contribution in [-0.2, 0) is 24.3 Å². The summed E-state index contributed by atoms with van der Waals surface area (Å²) in [5.74, 6) is 0. The summed E-state index contributed by atoms with van der Waals surface area (Å²) in [7, 11) is 1.64. The molecule has 1 heterocycles. The molecule has 0 saturated carbocycles. The number of hydrogen-bond acceptors (Lipinski definition) is 3. The maximum Gasteiger partial charge on any atom is 0.158 e. The average molecular weight is 243 g/mol. The van der Waals surface area contributed by atoms with E-state index in [2.05, 4.69) is 29.3 Å². The van der Waals surface area contributed by atoms with Crippen molar-refractivity contribution in [1.29, 1.82) is 0 Å². The van der Waals surface area contributed by atoms with Crippen molar-refractivity contribution in [3.8, 4) is 11.3 Å². The van der Waals surface area contributed by atoms with Crippen LogP contribution >= 0.6 is 0 Å². The van der Waals surface area contributed by atoms with Crippen molar-refractivity contribution in [2.45, 2.75) is 32.9 Å². The fourth-order valence-electron chi connectivity index (χ4n) is 2.68. The number of fused-ring (bicyclic) bond motifs is 1. The van der Waals surface area contributed by atoms with Gasteiger partial charge in [0.25, 0.3) is 0 Å². The standard InChI is InChI=1S/C14H17N3O/c1-10-6-12(7-11-4-3-5-13(10)11)14-8-15-17(16-14)9-18-2/h6-8H,3-5,9H2,1-2H3. The van der Waals surface area contributed by atoms with Gasteiger partial charge in [0.05, 0.1) is 6.20 Å². The van der Waals surface area contributed by atoms with Crippen molar-refractivity contribution in [2.75, 3.05) is 7.11 Å². The van der Waals surface area contributed by atoms with Gasteiger partial charge in [-0.05, 0) is 55.0 Å². The normalized spacial score (nSPS) is 13.9. The van der Waals surface area contributed by atoms with Crippen LogP contribution in [0.2, 0.25) is 0 Å². The highest BCUT2D eigenvalue weighted by molar-refractivity contribution is 5.62. The van der Waals surface area contributed by atoms with E-state index in [1.807, 2.05) is 0 Å². The van der Waals surface area contributed by atoms with Crippen molar-refractivity contribution in [1.82, 2.24) is 15.0 Å². The van der Waals surface area contributed by atoms with Gasteiger partial charge in [-0.15, -0.1) is 0 Å². The van der Waals surface area contributed by atoms with Gasteiger partial charge in [0.2, 0.25) is 0 Å². The highest BCUT2D eigenvalue weighted by atomic mass is 16.5. The highest BCUT2D eigenvalue weighted by Crippen LogP contribution is 2.30. The molecule has 0 unspecified atom stereocenters. The molecule has 0 fully saturated rings. The first kappa shape index (κ1) is 11.4. The zero-order valence-electron chi connectivity index (χ0n) is 10.8. The van der Waals surface area contributed by atoms with Crippen LogP contribution in [0.5, 0.6) is 0 Å². The smallest absolute Gasteiger partial charge is 0.158 e. The van der Waals surface area contributed by atoms with Crippen molar-refractivity contribution in [3.63, 3.8) is 0 Å². The van der Waals surface area contributed by atoms with Crippen LogP contribution in [0, 0.1) is 6.92 Å². The lowest BCUT2D eigenvalue weighted by atomic mass is 9.99. The molecule has 2 aromatic rings. The molecule has 0 spiro atoms. The maximum atomic E-state index is 5.01. The number of benzene rings is 1. The average Bonchev–Trinajstić information content (AvgIpc) is 2.97. The van der Waals surface area contributed by atoms with Gasteiger partial charge in [0, 0.05) is 12.7 Å². The van der Waals surface area contributed by atoms with Gasteiger partial charge in [-0.3, -0.25) is 0 Å². The molecule has 0 aliphatic heterocycles. The molecule has 0 amide bonds. The molecule has 3 rings (SSSR count). The maximum absolute atomic E-state index is 5.01. The van der Waals surface area contributed by atoms with Crippen molar-refractivity contribution in [2.24, 2.45) is 0 Å². The quantitative estimate of drug-likeness (QED) is 0.830. The number of methoxy groups -OCH3 is 1. The first-order valence-corrected chi connectivity index (χ1v) is 6.30. The van der Waals surface area contributed by atoms with Crippen LogP contribution in [0.4, 0.5) is 0 Å². The van der Waals surface area contributed by atoms with Crippen LogP contribution < -0.4 is 0 Å². The minimum Gasteiger partial charge on any atom is -0.361 e. The number of nitrogens with zero attached hydrogens (tertiary/aromatic N) is 3. The molecule has 94 valence electrons. The highest BCUT2D eigenvalue weighted by Gasteiger charge is 2.15. The molecule has 0 radical (unpaired) electrons. The third kappa shape index (κ3) is 1.93. The summed E-state index contributed by atoms with van der Waals surface area (Å²) in [5.41, 5.74) is 6.47. The summed E-state index contributed by atoms with van der Waals surface area (Å²) in [4.78, 5) is 1.57. The predicted molar refractivity (Wildman–Crippen MR) is 69.2 cm³/mol. The summed E-state index contributed by atoms with van der Waals surface area (Å²) in [6.07, 6.45) is 5.49. The van der Waals surface area contributed by atoms with E-state index in [4.69, 9.17) is 4.74 Å². The lowest BCUT2D eigenvalue weighted by molar-refractivity contribution is 0.108. The van der Waals surface area contributed by atoms with E-state index in [0.29, 0.717) is 6.73 Å². The Morgan fingerprint density at radius 2 is 2.22 bits per heavy atom. The van der Waals surface area contributed by atoms with Crippen LogP contribution in [0.15, 0.2) is 18.3 Å². The fraction of sp³-hybridized carbons (Fsp3) is 0.429. The lowest BCUT2D eigenvalue weighted by Crippen LogP contribution is -2.03. The van der Waals surface area contributed by atoms with E-state index in [1.165, 1.54) is 36.0 Å². The molecule has 1 aromatic carbocycles. The van der Waals surface area contributed by atoms with Crippen LogP contribution in [-0.4, -0.2) is 22.1 Å². The van der Waals surface area contributed by atoms with Gasteiger partial charge in [-0.25, -0.2) is 0 Å². The van der Waals surface area contributed by atoms with Gasteiger partial charge in [-0.2, -0.15) is 15.0 Å². The first-order chi connectivity index (χ1) is 8.78. The Morgan fingerprint density at radius 1 is 1.33 bits per heavy atom. The Bertz CT molecular complexity index is 574. The van der Waals surface area contributed by atoms with E-state index >= 15 is 0 Å². The predicted octanol–water partition coefficient (Wildman–Crippen LogP) is 2.35. The second-order valence-electron chi connectivity index (χ2n) is 4.80. The van der Waals surface area contributed by atoms with Crippen LogP contribution in [0.1, 0.15) is 23.1 Å². The topological polar surface area (TPSA) is 39.9 Å². The minimum atomic E-state index is 0.393. The molecule has 1 aliphatic rings. The van der Waals surface area contributed by atoms with Gasteiger partial charge < -0.3 is 4.74 Å². The van der Waals surface area contributed by atoms with E-state index in [0.717, 1.165) is 11.3 Å². The Morgan fingerprint density at radius 3 is 3.06 bits per heavy atom. The minimum absolute atomic E-state index is 0.393. The largest absolute Gasteiger partial charge is 0.361 e. The summed E-state index contributed by atoms with van der Waals surface area (Å²) in [6, 6.07) is 4.47. The van der Waals surface area contributed by atoms with E-state index in [-0.39, 0.29) is 0 Å². The summed E-state index contributed by atoms with van der Waals surface area (Å²) in [6.45, 7) is 2.58. The number of aromatic nitrogens is 3. The van der Waals surface area contributed by atoms with E-state index in [9.17, 15) is 0 Å². The molecule has 4 heteroatoms. The zero-order valence-corrected chi connectivity index (χ0v) is 10.8. The molecule has 1 aliphatic carbocycles. The Kier molecular flexibility index (Phi) is 2.88. The third-order valence-electron chi connectivity index (χ3n) is 3.52. The molecular weight excluding hydrogens is 226 g/mol. The SMILES string of the molecule is COCn1ncc(-c2cc(C)c3c(c2)CCC3)n1. The first-order valence-electron chi connectivity index (χ1n) is 6.30. The Labute approximate surface area is 107 Å². The second kappa shape index (κ2) is 4.53. The van der Waals surface area contributed by atoms with E-state index < -0.39 is 0 Å². The second-order valence-corrected chi connectivity index (χ2v) is 4.80. The summed E-state index contributed by atoms with van der Waals surface area (Å²) in [5, 5.41) is 8.60. The molecule has 0 N–H and O–H groups in total. The van der Waals surface area contributed by atoms with Crippen LogP contribution in [0.25, 0.3) is 11.3 Å². The third-order valence-corrected chi connectivity index (χ3v) is 3.52. The van der Waals surface area contributed by atoms with Gasteiger partial charge in [-0.1, -0.05) is 0 Å². The monoisotopic (exact) mass is 243 g/mol. The lowest BCUT2D eigenvalue weighted by Gasteiger charge is -2.06. The molecule has 1 aromatic heterocycles. The fourth-order valence-corrected chi connectivity index (χ4v) is 2.68. The summed E-state index contributed by atoms with van der Waals surface area (Å²) < 4.78 is 5.01.